The summed E-state index contributed by atoms with van der Waals surface area (Å²) in [5.41, 5.74) is 1.56. The maximum absolute atomic E-state index is 13.3. The molecule has 0 aliphatic carbocycles. The van der Waals surface area contributed by atoms with E-state index < -0.39 is 11.6 Å². The molecule has 1 N–H and O–H groups in total. The van der Waals surface area contributed by atoms with Crippen LogP contribution in [0, 0.1) is 11.6 Å². The van der Waals surface area contributed by atoms with Crippen LogP contribution in [0.3, 0.4) is 0 Å². The molecule has 1 unspecified atom stereocenters. The van der Waals surface area contributed by atoms with Crippen LogP contribution in [0.4, 0.5) is 14.5 Å². The van der Waals surface area contributed by atoms with Crippen molar-refractivity contribution in [3.05, 3.63) is 65.7 Å². The number of anilines is 1. The van der Waals surface area contributed by atoms with Crippen molar-refractivity contribution in [2.75, 3.05) is 31.5 Å². The van der Waals surface area contributed by atoms with Crippen molar-refractivity contribution in [3.63, 3.8) is 0 Å². The Morgan fingerprint density at radius 3 is 2.56 bits per heavy atom. The van der Waals surface area contributed by atoms with E-state index in [1.807, 2.05) is 25.1 Å². The molecule has 1 amide bonds. The Morgan fingerprint density at radius 1 is 1.04 bits per heavy atom. The van der Waals surface area contributed by atoms with Crippen LogP contribution in [0.15, 0.2) is 48.5 Å². The summed E-state index contributed by atoms with van der Waals surface area (Å²) in [4.78, 5) is 17.0. The van der Waals surface area contributed by atoms with Crippen molar-refractivity contribution in [2.45, 2.75) is 25.9 Å². The molecule has 3 rings (SSSR count). The van der Waals surface area contributed by atoms with Crippen LogP contribution in [0.5, 0.6) is 0 Å². The Balaban J connectivity index is 1.54. The molecule has 144 valence electrons. The molecule has 0 aromatic heterocycles. The molecule has 6 heteroatoms. The SMILES string of the molecule is CC(C(=O)Nc1ccc(F)c(F)c1)N1CCCN(Cc2ccccc2)CC1. The number of benzene rings is 2. The minimum atomic E-state index is -0.966. The zero-order valence-corrected chi connectivity index (χ0v) is 15.5. The van der Waals surface area contributed by atoms with E-state index >= 15 is 0 Å². The summed E-state index contributed by atoms with van der Waals surface area (Å²) in [6, 6.07) is 13.4. The maximum Gasteiger partial charge on any atom is 0.241 e. The highest BCUT2D eigenvalue weighted by Gasteiger charge is 2.24. The fourth-order valence-electron chi connectivity index (χ4n) is 3.36. The second-order valence-corrected chi connectivity index (χ2v) is 6.95. The van der Waals surface area contributed by atoms with Gasteiger partial charge in [-0.05, 0) is 37.6 Å². The van der Waals surface area contributed by atoms with E-state index in [4.69, 9.17) is 0 Å². The molecule has 2 aromatic carbocycles. The largest absolute Gasteiger partial charge is 0.325 e. The summed E-state index contributed by atoms with van der Waals surface area (Å²) in [6.07, 6.45) is 0.982. The molecular formula is C21H25F2N3O. The zero-order valence-electron chi connectivity index (χ0n) is 15.5. The molecule has 4 nitrogen and oxygen atoms in total. The second kappa shape index (κ2) is 9.06. The van der Waals surface area contributed by atoms with Gasteiger partial charge in [-0.1, -0.05) is 30.3 Å². The summed E-state index contributed by atoms with van der Waals surface area (Å²) in [5, 5.41) is 2.68. The molecular weight excluding hydrogens is 348 g/mol. The first-order valence-corrected chi connectivity index (χ1v) is 9.29. The second-order valence-electron chi connectivity index (χ2n) is 6.95. The molecule has 2 aromatic rings. The van der Waals surface area contributed by atoms with Crippen molar-refractivity contribution in [3.8, 4) is 0 Å². The quantitative estimate of drug-likeness (QED) is 0.871. The smallest absolute Gasteiger partial charge is 0.241 e. The third-order valence-electron chi connectivity index (χ3n) is 4.99. The van der Waals surface area contributed by atoms with Crippen molar-refractivity contribution < 1.29 is 13.6 Å². The number of nitrogens with one attached hydrogen (secondary N) is 1. The zero-order chi connectivity index (χ0) is 19.2. The lowest BCUT2D eigenvalue weighted by atomic mass is 10.2. The number of halogens is 2. The normalized spacial score (nSPS) is 17.3. The van der Waals surface area contributed by atoms with Crippen LogP contribution < -0.4 is 5.32 Å². The highest BCUT2D eigenvalue weighted by Crippen LogP contribution is 2.15. The van der Waals surface area contributed by atoms with Crippen LogP contribution >= 0.6 is 0 Å². The van der Waals surface area contributed by atoms with Gasteiger partial charge in [0.05, 0.1) is 6.04 Å². The summed E-state index contributed by atoms with van der Waals surface area (Å²) < 4.78 is 26.3. The topological polar surface area (TPSA) is 35.6 Å². The minimum absolute atomic E-state index is 0.211. The Kier molecular flexibility index (Phi) is 6.53. The Hall–Kier alpha value is -2.31. The van der Waals surface area contributed by atoms with E-state index in [1.54, 1.807) is 0 Å². The van der Waals surface area contributed by atoms with Crippen LogP contribution in [-0.4, -0.2) is 47.9 Å². The summed E-state index contributed by atoms with van der Waals surface area (Å²) in [5.74, 6) is -2.10. The number of hydrogen-bond acceptors (Lipinski definition) is 3. The fourth-order valence-corrected chi connectivity index (χ4v) is 3.36. The maximum atomic E-state index is 13.3. The highest BCUT2D eigenvalue weighted by molar-refractivity contribution is 5.94. The van der Waals surface area contributed by atoms with Gasteiger partial charge in [-0.25, -0.2) is 8.78 Å². The monoisotopic (exact) mass is 373 g/mol. The van der Waals surface area contributed by atoms with Gasteiger partial charge >= 0.3 is 0 Å². The third-order valence-corrected chi connectivity index (χ3v) is 4.99. The van der Waals surface area contributed by atoms with Gasteiger partial charge in [0.1, 0.15) is 0 Å². The van der Waals surface area contributed by atoms with Crippen molar-refractivity contribution in [1.29, 1.82) is 0 Å². The Bertz CT molecular complexity index is 769. The van der Waals surface area contributed by atoms with Gasteiger partial charge in [0.2, 0.25) is 5.91 Å². The number of carbonyl (C=O) groups excluding carboxylic acids is 1. The van der Waals surface area contributed by atoms with Crippen LogP contribution in [0.25, 0.3) is 0 Å². The van der Waals surface area contributed by atoms with Crippen molar-refractivity contribution >= 4 is 11.6 Å². The molecule has 1 heterocycles. The average molecular weight is 373 g/mol. The van der Waals surface area contributed by atoms with E-state index in [1.165, 1.54) is 11.6 Å². The Labute approximate surface area is 158 Å². The average Bonchev–Trinajstić information content (AvgIpc) is 2.90. The van der Waals surface area contributed by atoms with Gasteiger partial charge in [-0.15, -0.1) is 0 Å². The molecule has 1 saturated heterocycles. The predicted molar refractivity (Wildman–Crippen MR) is 102 cm³/mol. The summed E-state index contributed by atoms with van der Waals surface area (Å²) in [6.45, 7) is 6.25. The predicted octanol–water partition coefficient (Wildman–Crippen LogP) is 3.50. The number of nitrogens with zero attached hydrogens (tertiary/aromatic N) is 2. The van der Waals surface area contributed by atoms with E-state index in [0.29, 0.717) is 0 Å². The first-order valence-electron chi connectivity index (χ1n) is 9.29. The molecule has 1 aliphatic heterocycles. The van der Waals surface area contributed by atoms with Gasteiger partial charge in [0.25, 0.3) is 0 Å². The molecule has 0 saturated carbocycles. The van der Waals surface area contributed by atoms with Gasteiger partial charge in [0, 0.05) is 37.9 Å². The lowest BCUT2D eigenvalue weighted by molar-refractivity contribution is -0.120. The summed E-state index contributed by atoms with van der Waals surface area (Å²) in [7, 11) is 0. The Morgan fingerprint density at radius 2 is 1.81 bits per heavy atom. The highest BCUT2D eigenvalue weighted by atomic mass is 19.2. The molecule has 0 radical (unpaired) electrons. The van der Waals surface area contributed by atoms with Gasteiger partial charge < -0.3 is 5.32 Å². The van der Waals surface area contributed by atoms with E-state index in [9.17, 15) is 13.6 Å². The van der Waals surface area contributed by atoms with Gasteiger partial charge in [0.15, 0.2) is 11.6 Å². The number of carbonyl (C=O) groups is 1. The molecule has 27 heavy (non-hydrogen) atoms. The van der Waals surface area contributed by atoms with Crippen LogP contribution in [0.2, 0.25) is 0 Å². The minimum Gasteiger partial charge on any atom is -0.325 e. The van der Waals surface area contributed by atoms with Crippen molar-refractivity contribution in [2.24, 2.45) is 0 Å². The molecule has 1 aliphatic rings. The molecule has 0 spiro atoms. The van der Waals surface area contributed by atoms with E-state index in [2.05, 4.69) is 27.2 Å². The number of hydrogen-bond donors (Lipinski definition) is 1. The number of amides is 1. The fraction of sp³-hybridized carbons (Fsp3) is 0.381. The van der Waals surface area contributed by atoms with E-state index in [0.717, 1.165) is 51.3 Å². The first-order chi connectivity index (χ1) is 13.0. The molecule has 1 fully saturated rings. The lowest BCUT2D eigenvalue weighted by Gasteiger charge is -2.27. The standard InChI is InChI=1S/C21H25F2N3O/c1-16(21(27)24-18-8-9-19(22)20(23)14-18)26-11-5-10-25(12-13-26)15-17-6-3-2-4-7-17/h2-4,6-9,14,16H,5,10-13,15H2,1H3,(H,24,27). The van der Waals surface area contributed by atoms with Gasteiger partial charge in [-0.3, -0.25) is 14.6 Å². The molecule has 1 atom stereocenters. The third kappa shape index (κ3) is 5.34. The lowest BCUT2D eigenvalue weighted by Crippen LogP contribution is -2.43. The first kappa shape index (κ1) is 19.5. The van der Waals surface area contributed by atoms with Crippen LogP contribution in [-0.2, 0) is 11.3 Å². The number of rotatable bonds is 5. The van der Waals surface area contributed by atoms with Gasteiger partial charge in [-0.2, -0.15) is 0 Å². The van der Waals surface area contributed by atoms with Crippen molar-refractivity contribution in [1.82, 2.24) is 9.80 Å². The van der Waals surface area contributed by atoms with E-state index in [-0.39, 0.29) is 17.6 Å². The summed E-state index contributed by atoms with van der Waals surface area (Å²) >= 11 is 0. The molecule has 0 bridgehead atoms. The van der Waals surface area contributed by atoms with Crippen LogP contribution in [0.1, 0.15) is 18.9 Å².